The summed E-state index contributed by atoms with van der Waals surface area (Å²) in [6.45, 7) is 4.61. The van der Waals surface area contributed by atoms with Crippen molar-refractivity contribution in [1.82, 2.24) is 15.1 Å². The van der Waals surface area contributed by atoms with Gasteiger partial charge in [0.05, 0.1) is 13.2 Å². The zero-order chi connectivity index (χ0) is 21.0. The Bertz CT molecular complexity index is 843. The molecule has 0 radical (unpaired) electrons. The predicted octanol–water partition coefficient (Wildman–Crippen LogP) is 2.60. The van der Waals surface area contributed by atoms with Crippen molar-refractivity contribution >= 4 is 11.8 Å². The number of hydrogen-bond donors (Lipinski definition) is 1. The molecule has 0 aromatic heterocycles. The molecule has 2 amide bonds. The summed E-state index contributed by atoms with van der Waals surface area (Å²) in [5.41, 5.74) is 1.52. The lowest BCUT2D eigenvalue weighted by Crippen LogP contribution is -2.61. The molecular weight excluding hydrogens is 390 g/mol. The average molecular weight is 424 g/mol. The summed E-state index contributed by atoms with van der Waals surface area (Å²) in [6.07, 6.45) is 7.44. The number of carbonyl (C=O) groups is 2. The lowest BCUT2D eigenvalue weighted by Gasteiger charge is -2.57. The molecule has 7 rings (SSSR count). The van der Waals surface area contributed by atoms with Crippen LogP contribution in [0.2, 0.25) is 0 Å². The summed E-state index contributed by atoms with van der Waals surface area (Å²) in [5, 5.41) is 3.53. The second-order valence-corrected chi connectivity index (χ2v) is 10.6. The van der Waals surface area contributed by atoms with Gasteiger partial charge in [-0.1, -0.05) is 18.2 Å². The predicted molar refractivity (Wildman–Crippen MR) is 117 cm³/mol. The van der Waals surface area contributed by atoms with Crippen molar-refractivity contribution < 1.29 is 14.3 Å². The highest BCUT2D eigenvalue weighted by molar-refractivity contribution is 6.04. The van der Waals surface area contributed by atoms with E-state index in [2.05, 4.69) is 10.2 Å². The first-order valence-corrected chi connectivity index (χ1v) is 12.1. The molecular formula is C25H33N3O3. The van der Waals surface area contributed by atoms with Gasteiger partial charge < -0.3 is 15.0 Å². The number of morpholine rings is 1. The third-order valence-corrected chi connectivity index (χ3v) is 8.49. The third kappa shape index (κ3) is 3.48. The fourth-order valence-electron chi connectivity index (χ4n) is 7.55. The Morgan fingerprint density at radius 3 is 2.32 bits per heavy atom. The van der Waals surface area contributed by atoms with E-state index in [-0.39, 0.29) is 17.4 Å². The summed E-state index contributed by atoms with van der Waals surface area (Å²) in [6, 6.07) is 7.18. The molecule has 5 fully saturated rings. The summed E-state index contributed by atoms with van der Waals surface area (Å²) < 4.78 is 5.45. The summed E-state index contributed by atoms with van der Waals surface area (Å²) in [5.74, 6) is 2.36. The molecule has 4 aliphatic carbocycles. The van der Waals surface area contributed by atoms with Crippen molar-refractivity contribution in [3.8, 4) is 0 Å². The minimum absolute atomic E-state index is 0.00507. The van der Waals surface area contributed by atoms with Crippen LogP contribution in [0, 0.1) is 17.8 Å². The molecule has 0 spiro atoms. The van der Waals surface area contributed by atoms with E-state index >= 15 is 0 Å². The highest BCUT2D eigenvalue weighted by Gasteiger charge is 2.53. The number of nitrogens with zero attached hydrogens (tertiary/aromatic N) is 2. The van der Waals surface area contributed by atoms with Crippen LogP contribution in [0.15, 0.2) is 24.3 Å². The van der Waals surface area contributed by atoms with Crippen LogP contribution in [0.3, 0.4) is 0 Å². The van der Waals surface area contributed by atoms with Crippen molar-refractivity contribution in [2.45, 2.75) is 50.1 Å². The van der Waals surface area contributed by atoms with Crippen LogP contribution < -0.4 is 5.32 Å². The van der Waals surface area contributed by atoms with Gasteiger partial charge in [0.1, 0.15) is 6.04 Å². The number of rotatable bonds is 5. The van der Waals surface area contributed by atoms with Gasteiger partial charge in [0.25, 0.3) is 5.91 Å². The second-order valence-electron chi connectivity index (χ2n) is 10.6. The van der Waals surface area contributed by atoms with E-state index in [0.29, 0.717) is 12.1 Å². The maximum absolute atomic E-state index is 13.8. The van der Waals surface area contributed by atoms with E-state index in [9.17, 15) is 9.59 Å². The maximum atomic E-state index is 13.8. The van der Waals surface area contributed by atoms with Gasteiger partial charge in [-0.2, -0.15) is 0 Å². The molecule has 4 saturated carbocycles. The van der Waals surface area contributed by atoms with Crippen LogP contribution in [0.5, 0.6) is 0 Å². The monoisotopic (exact) mass is 423 g/mol. The van der Waals surface area contributed by atoms with Crippen LogP contribution in [0.1, 0.15) is 60.5 Å². The fourth-order valence-corrected chi connectivity index (χ4v) is 7.55. The van der Waals surface area contributed by atoms with Crippen LogP contribution >= 0.6 is 0 Å². The molecule has 4 bridgehead atoms. The van der Waals surface area contributed by atoms with Gasteiger partial charge in [0, 0.05) is 37.3 Å². The van der Waals surface area contributed by atoms with E-state index in [1.54, 1.807) is 0 Å². The van der Waals surface area contributed by atoms with Crippen LogP contribution in [0.4, 0.5) is 0 Å². The van der Waals surface area contributed by atoms with Gasteiger partial charge in [-0.05, 0) is 67.9 Å². The van der Waals surface area contributed by atoms with Gasteiger partial charge in [-0.15, -0.1) is 0 Å². The largest absolute Gasteiger partial charge is 0.379 e. The van der Waals surface area contributed by atoms with Gasteiger partial charge >= 0.3 is 0 Å². The van der Waals surface area contributed by atoms with Crippen molar-refractivity contribution in [3.05, 3.63) is 35.4 Å². The fraction of sp³-hybridized carbons (Fsp3) is 0.680. The highest BCUT2D eigenvalue weighted by Crippen LogP contribution is 2.55. The number of ether oxygens (including phenoxy) is 1. The normalized spacial score (nSPS) is 36.6. The standard InChI is InChI=1S/C25H33N3O3/c29-23(26-25-14-17-11-18(15-25)13-19(12-17)16-25)22-20-3-1-2-4-21(20)24(30)28(22)6-5-27-7-9-31-10-8-27/h1-4,17-19,22H,5-16H2,(H,26,29). The lowest BCUT2D eigenvalue weighted by molar-refractivity contribution is -0.131. The Morgan fingerprint density at radius 2 is 1.65 bits per heavy atom. The number of amides is 2. The summed E-state index contributed by atoms with van der Waals surface area (Å²) >= 11 is 0. The number of benzene rings is 1. The zero-order valence-corrected chi connectivity index (χ0v) is 18.2. The van der Waals surface area contributed by atoms with Crippen molar-refractivity contribution in [2.75, 3.05) is 39.4 Å². The molecule has 6 nitrogen and oxygen atoms in total. The zero-order valence-electron chi connectivity index (χ0n) is 18.2. The SMILES string of the molecule is O=C(NC12CC3CC(CC(C3)C1)C2)C1c2ccccc2C(=O)N1CCN1CCOCC1. The number of nitrogens with one attached hydrogen (secondary N) is 1. The number of carbonyl (C=O) groups excluding carboxylic acids is 2. The molecule has 166 valence electrons. The highest BCUT2D eigenvalue weighted by atomic mass is 16.5. The van der Waals surface area contributed by atoms with Gasteiger partial charge in [-0.25, -0.2) is 0 Å². The molecule has 6 aliphatic rings. The molecule has 1 saturated heterocycles. The van der Waals surface area contributed by atoms with Gasteiger partial charge in [-0.3, -0.25) is 14.5 Å². The molecule has 6 heteroatoms. The van der Waals surface area contributed by atoms with Crippen molar-refractivity contribution in [2.24, 2.45) is 17.8 Å². The molecule has 1 atom stereocenters. The topological polar surface area (TPSA) is 61.9 Å². The minimum Gasteiger partial charge on any atom is -0.379 e. The summed E-state index contributed by atoms with van der Waals surface area (Å²) in [4.78, 5) is 31.2. The Labute approximate surface area is 184 Å². The quantitative estimate of drug-likeness (QED) is 0.791. The van der Waals surface area contributed by atoms with E-state index in [4.69, 9.17) is 4.74 Å². The third-order valence-electron chi connectivity index (χ3n) is 8.49. The van der Waals surface area contributed by atoms with E-state index in [0.717, 1.165) is 75.4 Å². The Balaban J connectivity index is 1.23. The van der Waals surface area contributed by atoms with Crippen LogP contribution in [0.25, 0.3) is 0 Å². The average Bonchev–Trinajstić information content (AvgIpc) is 3.04. The first-order chi connectivity index (χ1) is 15.1. The molecule has 2 heterocycles. The molecule has 1 unspecified atom stereocenters. The van der Waals surface area contributed by atoms with E-state index in [1.165, 1.54) is 19.3 Å². The number of hydrogen-bond acceptors (Lipinski definition) is 4. The summed E-state index contributed by atoms with van der Waals surface area (Å²) in [7, 11) is 0. The van der Waals surface area contributed by atoms with E-state index < -0.39 is 6.04 Å². The minimum atomic E-state index is -0.502. The van der Waals surface area contributed by atoms with E-state index in [1.807, 2.05) is 29.2 Å². The van der Waals surface area contributed by atoms with Crippen LogP contribution in [-0.4, -0.2) is 66.5 Å². The van der Waals surface area contributed by atoms with Gasteiger partial charge in [0.2, 0.25) is 5.91 Å². The smallest absolute Gasteiger partial charge is 0.255 e. The van der Waals surface area contributed by atoms with Crippen molar-refractivity contribution in [3.63, 3.8) is 0 Å². The molecule has 2 aliphatic heterocycles. The lowest BCUT2D eigenvalue weighted by atomic mass is 9.53. The Hall–Kier alpha value is -1.92. The molecule has 1 N–H and O–H groups in total. The second kappa shape index (κ2) is 7.59. The number of fused-ring (bicyclic) bond motifs is 1. The molecule has 31 heavy (non-hydrogen) atoms. The Morgan fingerprint density at radius 1 is 1.00 bits per heavy atom. The Kier molecular flexibility index (Phi) is 4.83. The molecule has 1 aromatic rings. The first kappa shape index (κ1) is 19.7. The van der Waals surface area contributed by atoms with Gasteiger partial charge in [0.15, 0.2) is 0 Å². The molecule has 1 aromatic carbocycles. The van der Waals surface area contributed by atoms with Crippen molar-refractivity contribution in [1.29, 1.82) is 0 Å². The van der Waals surface area contributed by atoms with Crippen LogP contribution in [-0.2, 0) is 9.53 Å². The maximum Gasteiger partial charge on any atom is 0.255 e. The first-order valence-electron chi connectivity index (χ1n) is 12.1.